The predicted molar refractivity (Wildman–Crippen MR) is 77.8 cm³/mol. The van der Waals surface area contributed by atoms with Crippen LogP contribution in [0.1, 0.15) is 32.8 Å². The maximum absolute atomic E-state index is 10.0. The van der Waals surface area contributed by atoms with Gasteiger partial charge in [-0.25, -0.2) is 0 Å². The minimum Gasteiger partial charge on any atom is -0.490 e. The van der Waals surface area contributed by atoms with Crippen molar-refractivity contribution in [2.75, 3.05) is 0 Å². The summed E-state index contributed by atoms with van der Waals surface area (Å²) >= 11 is 0. The summed E-state index contributed by atoms with van der Waals surface area (Å²) in [5.74, 6) is -0.800. The van der Waals surface area contributed by atoms with Gasteiger partial charge >= 0.3 is 10.0 Å². The second-order valence-corrected chi connectivity index (χ2v) is 4.42. The minimum atomic E-state index is -1.38. The summed E-state index contributed by atoms with van der Waals surface area (Å²) in [6, 6.07) is 10.3. The van der Waals surface area contributed by atoms with Gasteiger partial charge in [-0.05, 0) is 12.0 Å². The van der Waals surface area contributed by atoms with E-state index in [1.807, 2.05) is 6.07 Å². The molecular weight excluding hydrogens is 260 g/mol. The van der Waals surface area contributed by atoms with E-state index in [-0.39, 0.29) is 0 Å². The molecule has 0 aliphatic rings. The summed E-state index contributed by atoms with van der Waals surface area (Å²) in [4.78, 5) is 20.1. The first-order valence-electron chi connectivity index (χ1n) is 6.04. The standard InChI is InChI=1S/C10H12.C4H8O4Si/c1-2-3-7-10-8-5-4-6-9-10;1-3(5)7-9-8-4(2)6/h3-9H,2H2,1H3;9H2,1-2H3. The van der Waals surface area contributed by atoms with Crippen molar-refractivity contribution in [3.05, 3.63) is 42.0 Å². The first kappa shape index (κ1) is 17.1. The normalized spacial score (nSPS) is 9.42. The van der Waals surface area contributed by atoms with Gasteiger partial charge in [0.25, 0.3) is 11.9 Å². The lowest BCUT2D eigenvalue weighted by Crippen LogP contribution is -2.11. The molecule has 1 aromatic rings. The van der Waals surface area contributed by atoms with E-state index in [9.17, 15) is 9.59 Å². The van der Waals surface area contributed by atoms with Crippen LogP contribution in [0.4, 0.5) is 0 Å². The number of benzene rings is 1. The van der Waals surface area contributed by atoms with Gasteiger partial charge < -0.3 is 8.85 Å². The molecule has 0 atom stereocenters. The number of hydrogen-bond acceptors (Lipinski definition) is 4. The van der Waals surface area contributed by atoms with E-state index < -0.39 is 21.9 Å². The molecule has 1 aromatic carbocycles. The summed E-state index contributed by atoms with van der Waals surface area (Å²) in [6.45, 7) is 4.69. The molecule has 0 spiro atoms. The molecule has 104 valence electrons. The maximum atomic E-state index is 10.0. The van der Waals surface area contributed by atoms with Gasteiger partial charge in [-0.1, -0.05) is 49.4 Å². The van der Waals surface area contributed by atoms with E-state index in [0.29, 0.717) is 0 Å². The molecule has 0 aliphatic carbocycles. The second kappa shape index (κ2) is 11.2. The molecule has 0 aliphatic heterocycles. The van der Waals surface area contributed by atoms with Gasteiger partial charge in [0.15, 0.2) is 0 Å². The molecule has 0 aromatic heterocycles. The third-order valence-corrected chi connectivity index (χ3v) is 2.92. The summed E-state index contributed by atoms with van der Waals surface area (Å²) in [6.07, 6.45) is 5.41. The molecule has 1 rings (SSSR count). The third-order valence-electron chi connectivity index (χ3n) is 1.87. The number of hydrogen-bond donors (Lipinski definition) is 0. The zero-order chi connectivity index (χ0) is 14.5. The van der Waals surface area contributed by atoms with Crippen LogP contribution in [-0.2, 0) is 18.4 Å². The van der Waals surface area contributed by atoms with Gasteiger partial charge in [0.1, 0.15) is 0 Å². The third kappa shape index (κ3) is 12.4. The fourth-order valence-corrected chi connectivity index (χ4v) is 1.40. The van der Waals surface area contributed by atoms with Crippen LogP contribution in [-0.4, -0.2) is 21.9 Å². The molecule has 4 nitrogen and oxygen atoms in total. The van der Waals surface area contributed by atoms with Crippen LogP contribution in [0.3, 0.4) is 0 Å². The van der Waals surface area contributed by atoms with Gasteiger partial charge in [0.05, 0.1) is 0 Å². The Hall–Kier alpha value is -1.88. The van der Waals surface area contributed by atoms with E-state index in [0.717, 1.165) is 6.42 Å². The monoisotopic (exact) mass is 280 g/mol. The highest BCUT2D eigenvalue weighted by Crippen LogP contribution is 2.00. The van der Waals surface area contributed by atoms with Gasteiger partial charge in [-0.15, -0.1) is 0 Å². The van der Waals surface area contributed by atoms with Crippen LogP contribution in [0.15, 0.2) is 36.4 Å². The van der Waals surface area contributed by atoms with Crippen LogP contribution in [0.25, 0.3) is 6.08 Å². The number of rotatable bonds is 4. The van der Waals surface area contributed by atoms with E-state index in [1.54, 1.807) is 0 Å². The van der Waals surface area contributed by atoms with Crippen LogP contribution in [0.2, 0.25) is 0 Å². The van der Waals surface area contributed by atoms with Crippen molar-refractivity contribution in [2.45, 2.75) is 27.2 Å². The molecule has 0 fully saturated rings. The van der Waals surface area contributed by atoms with Crippen LogP contribution in [0.5, 0.6) is 0 Å². The first-order chi connectivity index (χ1) is 9.06. The van der Waals surface area contributed by atoms with E-state index in [2.05, 4.69) is 52.2 Å². The smallest absolute Gasteiger partial charge is 0.431 e. The Kier molecular flexibility index (Phi) is 10.1. The molecule has 0 unspecified atom stereocenters. The molecule has 5 heteroatoms. The highest BCUT2D eigenvalue weighted by atomic mass is 28.3. The van der Waals surface area contributed by atoms with E-state index in [4.69, 9.17) is 0 Å². The highest BCUT2D eigenvalue weighted by Gasteiger charge is 1.95. The zero-order valence-corrected chi connectivity index (χ0v) is 13.0. The van der Waals surface area contributed by atoms with Crippen LogP contribution < -0.4 is 0 Å². The van der Waals surface area contributed by atoms with Gasteiger partial charge in [0, 0.05) is 13.8 Å². The molecule has 0 radical (unpaired) electrons. The molecule has 19 heavy (non-hydrogen) atoms. The lowest BCUT2D eigenvalue weighted by Gasteiger charge is -1.99. The molecule has 0 saturated carbocycles. The largest absolute Gasteiger partial charge is 0.490 e. The highest BCUT2D eigenvalue weighted by molar-refractivity contribution is 6.25. The quantitative estimate of drug-likeness (QED) is 0.794. The SMILES string of the molecule is CC(=O)O[SiH2]OC(C)=O.CCC=Cc1ccccc1. The van der Waals surface area contributed by atoms with Crippen molar-refractivity contribution in [1.29, 1.82) is 0 Å². The van der Waals surface area contributed by atoms with E-state index in [1.165, 1.54) is 19.4 Å². The summed E-state index contributed by atoms with van der Waals surface area (Å²) in [7, 11) is -1.38. The Morgan fingerprint density at radius 1 is 1.11 bits per heavy atom. The Morgan fingerprint density at radius 3 is 2.05 bits per heavy atom. The minimum absolute atomic E-state index is 0.400. The summed E-state index contributed by atoms with van der Waals surface area (Å²) in [5.41, 5.74) is 1.28. The fourth-order valence-electron chi connectivity index (χ4n) is 1.01. The van der Waals surface area contributed by atoms with E-state index >= 15 is 0 Å². The van der Waals surface area contributed by atoms with Crippen molar-refractivity contribution >= 4 is 28.0 Å². The van der Waals surface area contributed by atoms with Gasteiger partial charge in [0.2, 0.25) is 0 Å². The molecular formula is C14H20O4Si. The molecule has 0 bridgehead atoms. The lowest BCUT2D eigenvalue weighted by atomic mass is 10.2. The predicted octanol–water partition coefficient (Wildman–Crippen LogP) is 2.22. The Balaban J connectivity index is 0.000000344. The number of carbonyl (C=O) groups is 2. The maximum Gasteiger partial charge on any atom is 0.431 e. The Bertz CT molecular complexity index is 387. The van der Waals surface area contributed by atoms with Crippen LogP contribution in [0, 0.1) is 0 Å². The summed E-state index contributed by atoms with van der Waals surface area (Å²) in [5, 5.41) is 0. The van der Waals surface area contributed by atoms with Crippen LogP contribution >= 0.6 is 0 Å². The molecule has 0 N–H and O–H groups in total. The van der Waals surface area contributed by atoms with Crippen molar-refractivity contribution < 1.29 is 18.4 Å². The van der Waals surface area contributed by atoms with Crippen molar-refractivity contribution in [3.63, 3.8) is 0 Å². The zero-order valence-electron chi connectivity index (χ0n) is 11.6. The summed E-state index contributed by atoms with van der Waals surface area (Å²) < 4.78 is 8.82. The Labute approximate surface area is 116 Å². The molecule has 0 amide bonds. The van der Waals surface area contributed by atoms with Gasteiger partial charge in [-0.2, -0.15) is 0 Å². The van der Waals surface area contributed by atoms with Gasteiger partial charge in [-0.3, -0.25) is 9.59 Å². The van der Waals surface area contributed by atoms with Crippen molar-refractivity contribution in [2.24, 2.45) is 0 Å². The number of carbonyl (C=O) groups excluding carboxylic acids is 2. The topological polar surface area (TPSA) is 52.6 Å². The van der Waals surface area contributed by atoms with Crippen molar-refractivity contribution in [1.82, 2.24) is 0 Å². The second-order valence-electron chi connectivity index (χ2n) is 3.61. The average molecular weight is 280 g/mol. The van der Waals surface area contributed by atoms with Crippen molar-refractivity contribution in [3.8, 4) is 0 Å². The molecule has 0 heterocycles. The lowest BCUT2D eigenvalue weighted by molar-refractivity contribution is -0.136. The first-order valence-corrected chi connectivity index (χ1v) is 7.20. The Morgan fingerprint density at radius 2 is 1.63 bits per heavy atom. The number of allylic oxidation sites excluding steroid dienone is 1. The fraction of sp³-hybridized carbons (Fsp3) is 0.286. The molecule has 0 saturated heterocycles. The average Bonchev–Trinajstić information content (AvgIpc) is 2.37.